The maximum atomic E-state index is 12.3. The van der Waals surface area contributed by atoms with E-state index < -0.39 is 0 Å². The van der Waals surface area contributed by atoms with Crippen LogP contribution < -0.4 is 10.6 Å². The van der Waals surface area contributed by atoms with Gasteiger partial charge in [-0.25, -0.2) is 0 Å². The molecule has 0 aromatic heterocycles. The van der Waals surface area contributed by atoms with Crippen LogP contribution in [0.4, 0.5) is 0 Å². The van der Waals surface area contributed by atoms with E-state index in [2.05, 4.69) is 25.4 Å². The zero-order chi connectivity index (χ0) is 17.5. The van der Waals surface area contributed by atoms with Crippen molar-refractivity contribution in [2.24, 2.45) is 10.9 Å². The average molecular weight is 351 g/mol. The number of guanidine groups is 1. The molecule has 2 aliphatic heterocycles. The van der Waals surface area contributed by atoms with Gasteiger partial charge in [-0.05, 0) is 25.7 Å². The van der Waals surface area contributed by atoms with Gasteiger partial charge in [0, 0.05) is 65.4 Å². The molecule has 2 saturated heterocycles. The van der Waals surface area contributed by atoms with Gasteiger partial charge in [0.05, 0.1) is 6.10 Å². The molecule has 7 nitrogen and oxygen atoms in total. The highest BCUT2D eigenvalue weighted by Gasteiger charge is 2.31. The van der Waals surface area contributed by atoms with E-state index >= 15 is 0 Å². The number of carbonyl (C=O) groups is 1. The average Bonchev–Trinajstić information content (AvgIpc) is 3.10. The molecule has 1 saturated carbocycles. The molecule has 1 unspecified atom stereocenters. The molecule has 1 aliphatic carbocycles. The second-order valence-electron chi connectivity index (χ2n) is 7.31. The predicted molar refractivity (Wildman–Crippen MR) is 98.7 cm³/mol. The van der Waals surface area contributed by atoms with Crippen molar-refractivity contribution in [1.82, 2.24) is 20.4 Å². The zero-order valence-corrected chi connectivity index (χ0v) is 15.5. The van der Waals surface area contributed by atoms with Crippen LogP contribution in [0.3, 0.4) is 0 Å². The maximum Gasteiger partial charge on any atom is 0.225 e. The van der Waals surface area contributed by atoms with Crippen molar-refractivity contribution in [3.8, 4) is 0 Å². The van der Waals surface area contributed by atoms with E-state index in [1.165, 1.54) is 6.42 Å². The summed E-state index contributed by atoms with van der Waals surface area (Å²) in [4.78, 5) is 21.0. The number of nitrogens with one attached hydrogen (secondary N) is 2. The zero-order valence-electron chi connectivity index (χ0n) is 15.5. The molecule has 2 N–H and O–H groups in total. The van der Waals surface area contributed by atoms with E-state index in [0.717, 1.165) is 84.1 Å². The summed E-state index contributed by atoms with van der Waals surface area (Å²) in [5.41, 5.74) is 0. The molecule has 1 amide bonds. The minimum absolute atomic E-state index is 0.319. The first-order valence-electron chi connectivity index (χ1n) is 9.83. The number of hydrogen-bond acceptors (Lipinski definition) is 4. The number of carbonyl (C=O) groups excluding carboxylic acids is 1. The van der Waals surface area contributed by atoms with Gasteiger partial charge in [-0.1, -0.05) is 6.42 Å². The minimum Gasteiger partial charge on any atom is -0.376 e. The smallest absolute Gasteiger partial charge is 0.225 e. The van der Waals surface area contributed by atoms with Crippen LogP contribution >= 0.6 is 0 Å². The van der Waals surface area contributed by atoms with Crippen LogP contribution in [0.25, 0.3) is 0 Å². The lowest BCUT2D eigenvalue weighted by Crippen LogP contribution is -2.52. The normalized spacial score (nSPS) is 25.7. The van der Waals surface area contributed by atoms with Crippen LogP contribution in [0.2, 0.25) is 0 Å². The SMILES string of the molecule is CN=C(NCCN1CCN(C(=O)C2CCC2)CC1)NCC1CCCO1. The Labute approximate surface area is 151 Å². The summed E-state index contributed by atoms with van der Waals surface area (Å²) in [7, 11) is 1.80. The van der Waals surface area contributed by atoms with Gasteiger partial charge in [-0.2, -0.15) is 0 Å². The predicted octanol–water partition coefficient (Wildman–Crippen LogP) is 0.275. The Kier molecular flexibility index (Phi) is 6.93. The Morgan fingerprint density at radius 2 is 1.92 bits per heavy atom. The highest BCUT2D eigenvalue weighted by Crippen LogP contribution is 2.28. The topological polar surface area (TPSA) is 69.2 Å². The highest BCUT2D eigenvalue weighted by atomic mass is 16.5. The van der Waals surface area contributed by atoms with Crippen molar-refractivity contribution in [1.29, 1.82) is 0 Å². The number of piperazine rings is 1. The van der Waals surface area contributed by atoms with E-state index in [9.17, 15) is 4.79 Å². The largest absolute Gasteiger partial charge is 0.376 e. The molecule has 142 valence electrons. The van der Waals surface area contributed by atoms with Crippen molar-refractivity contribution < 1.29 is 9.53 Å². The lowest BCUT2D eigenvalue weighted by atomic mass is 9.84. The highest BCUT2D eigenvalue weighted by molar-refractivity contribution is 5.80. The van der Waals surface area contributed by atoms with Gasteiger partial charge in [-0.15, -0.1) is 0 Å². The Hall–Kier alpha value is -1.34. The van der Waals surface area contributed by atoms with Crippen molar-refractivity contribution in [3.63, 3.8) is 0 Å². The quantitative estimate of drug-likeness (QED) is 0.531. The number of hydrogen-bond donors (Lipinski definition) is 2. The molecule has 7 heteroatoms. The second-order valence-corrected chi connectivity index (χ2v) is 7.31. The van der Waals surface area contributed by atoms with E-state index in [4.69, 9.17) is 4.74 Å². The van der Waals surface area contributed by atoms with Crippen molar-refractivity contribution in [2.45, 2.75) is 38.2 Å². The van der Waals surface area contributed by atoms with Gasteiger partial charge in [0.2, 0.25) is 5.91 Å². The first kappa shape index (κ1) is 18.5. The van der Waals surface area contributed by atoms with Crippen LogP contribution in [0.15, 0.2) is 4.99 Å². The molecular formula is C18H33N5O2. The van der Waals surface area contributed by atoms with Crippen LogP contribution in [0, 0.1) is 5.92 Å². The molecule has 0 spiro atoms. The van der Waals surface area contributed by atoms with Crippen molar-refractivity contribution in [2.75, 3.05) is 59.5 Å². The molecule has 2 heterocycles. The molecule has 25 heavy (non-hydrogen) atoms. The van der Waals surface area contributed by atoms with Gasteiger partial charge >= 0.3 is 0 Å². The lowest BCUT2D eigenvalue weighted by Gasteiger charge is -2.38. The summed E-state index contributed by atoms with van der Waals surface area (Å²) in [5, 5.41) is 6.71. The fourth-order valence-corrected chi connectivity index (χ4v) is 3.67. The van der Waals surface area contributed by atoms with Crippen LogP contribution in [-0.2, 0) is 9.53 Å². The van der Waals surface area contributed by atoms with Crippen LogP contribution in [0.1, 0.15) is 32.1 Å². The maximum absolute atomic E-state index is 12.3. The molecular weight excluding hydrogens is 318 g/mol. The summed E-state index contributed by atoms with van der Waals surface area (Å²) in [6, 6.07) is 0. The number of amides is 1. The number of nitrogens with zero attached hydrogens (tertiary/aromatic N) is 3. The van der Waals surface area contributed by atoms with Crippen molar-refractivity contribution >= 4 is 11.9 Å². The lowest BCUT2D eigenvalue weighted by molar-refractivity contribution is -0.139. The standard InChI is InChI=1S/C18H33N5O2/c1-19-18(21-14-16-6-3-13-25-16)20-7-8-22-9-11-23(12-10-22)17(24)15-4-2-5-15/h15-16H,2-14H2,1H3,(H2,19,20,21). The Morgan fingerprint density at radius 3 is 2.52 bits per heavy atom. The molecule has 3 aliphatic rings. The fraction of sp³-hybridized carbons (Fsp3) is 0.889. The fourth-order valence-electron chi connectivity index (χ4n) is 3.67. The molecule has 1 atom stereocenters. The van der Waals surface area contributed by atoms with Gasteiger partial charge in [-0.3, -0.25) is 14.7 Å². The van der Waals surface area contributed by atoms with Gasteiger partial charge in [0.15, 0.2) is 5.96 Å². The summed E-state index contributed by atoms with van der Waals surface area (Å²) >= 11 is 0. The van der Waals surface area contributed by atoms with E-state index in [0.29, 0.717) is 17.9 Å². The third kappa shape index (κ3) is 5.31. The van der Waals surface area contributed by atoms with E-state index in [1.807, 2.05) is 0 Å². The minimum atomic E-state index is 0.319. The molecule has 0 radical (unpaired) electrons. The first-order chi connectivity index (χ1) is 12.3. The molecule has 0 aromatic carbocycles. The first-order valence-corrected chi connectivity index (χ1v) is 9.83. The molecule has 3 fully saturated rings. The summed E-state index contributed by atoms with van der Waals surface area (Å²) in [5.74, 6) is 1.56. The Bertz CT molecular complexity index is 452. The summed E-state index contributed by atoms with van der Waals surface area (Å²) in [6.07, 6.45) is 6.04. The Balaban J connectivity index is 1.27. The van der Waals surface area contributed by atoms with Gasteiger partial charge in [0.1, 0.15) is 0 Å². The van der Waals surface area contributed by atoms with Gasteiger partial charge < -0.3 is 20.3 Å². The number of rotatable bonds is 6. The van der Waals surface area contributed by atoms with E-state index in [1.54, 1.807) is 7.05 Å². The van der Waals surface area contributed by atoms with Crippen LogP contribution in [-0.4, -0.2) is 87.2 Å². The monoisotopic (exact) mass is 351 g/mol. The summed E-state index contributed by atoms with van der Waals surface area (Å²) in [6.45, 7) is 7.25. The number of aliphatic imine (C=N–C) groups is 1. The third-order valence-corrected chi connectivity index (χ3v) is 5.60. The molecule has 0 bridgehead atoms. The second kappa shape index (κ2) is 9.38. The van der Waals surface area contributed by atoms with Gasteiger partial charge in [0.25, 0.3) is 0 Å². The van der Waals surface area contributed by atoms with E-state index in [-0.39, 0.29) is 0 Å². The Morgan fingerprint density at radius 1 is 1.12 bits per heavy atom. The van der Waals surface area contributed by atoms with Crippen molar-refractivity contribution in [3.05, 3.63) is 0 Å². The summed E-state index contributed by atoms with van der Waals surface area (Å²) < 4.78 is 5.62. The van der Waals surface area contributed by atoms with Crippen LogP contribution in [0.5, 0.6) is 0 Å². The molecule has 0 aromatic rings. The molecule has 3 rings (SSSR count). The number of ether oxygens (including phenoxy) is 1. The third-order valence-electron chi connectivity index (χ3n) is 5.60.